The van der Waals surface area contributed by atoms with Crippen molar-refractivity contribution in [2.75, 3.05) is 11.0 Å². The van der Waals surface area contributed by atoms with E-state index < -0.39 is 10.0 Å². The summed E-state index contributed by atoms with van der Waals surface area (Å²) in [5.74, 6) is 0. The molecule has 4 rings (SSSR count). The Bertz CT molecular complexity index is 1310. The van der Waals surface area contributed by atoms with Gasteiger partial charge in [-0.3, -0.25) is 14.6 Å². The van der Waals surface area contributed by atoms with E-state index in [1.807, 2.05) is 48.5 Å². The minimum absolute atomic E-state index is 0.229. The number of aromatic nitrogens is 3. The molecular formula is C20H18N4O3S. The first-order valence-electron chi connectivity index (χ1n) is 8.61. The van der Waals surface area contributed by atoms with Gasteiger partial charge in [-0.25, -0.2) is 13.4 Å². The molecule has 0 atom stereocenters. The first-order chi connectivity index (χ1) is 13.4. The van der Waals surface area contributed by atoms with Crippen LogP contribution in [0.2, 0.25) is 0 Å². The first-order valence-corrected chi connectivity index (χ1v) is 10.5. The van der Waals surface area contributed by atoms with E-state index in [2.05, 4.69) is 19.9 Å². The first kappa shape index (κ1) is 18.0. The van der Waals surface area contributed by atoms with Crippen molar-refractivity contribution in [2.45, 2.75) is 6.42 Å². The highest BCUT2D eigenvalue weighted by Crippen LogP contribution is 2.23. The van der Waals surface area contributed by atoms with Gasteiger partial charge in [-0.15, -0.1) is 0 Å². The summed E-state index contributed by atoms with van der Waals surface area (Å²) in [5.41, 5.74) is 3.84. The van der Waals surface area contributed by atoms with Gasteiger partial charge in [-0.1, -0.05) is 36.4 Å². The largest absolute Gasteiger partial charge is 0.301 e. The van der Waals surface area contributed by atoms with E-state index in [1.165, 1.54) is 0 Å². The number of fused-ring (bicyclic) bond motifs is 1. The van der Waals surface area contributed by atoms with Gasteiger partial charge in [0.25, 0.3) is 5.56 Å². The molecule has 7 nitrogen and oxygen atoms in total. The van der Waals surface area contributed by atoms with Crippen molar-refractivity contribution in [3.05, 3.63) is 82.3 Å². The van der Waals surface area contributed by atoms with E-state index in [4.69, 9.17) is 0 Å². The molecule has 0 spiro atoms. The van der Waals surface area contributed by atoms with Gasteiger partial charge in [0.1, 0.15) is 0 Å². The van der Waals surface area contributed by atoms with Gasteiger partial charge in [-0.05, 0) is 29.8 Å². The Kier molecular flexibility index (Phi) is 4.48. The zero-order valence-corrected chi connectivity index (χ0v) is 15.9. The lowest BCUT2D eigenvalue weighted by Crippen LogP contribution is -2.09. The molecule has 28 heavy (non-hydrogen) atoms. The van der Waals surface area contributed by atoms with Crippen molar-refractivity contribution in [1.29, 1.82) is 0 Å². The Morgan fingerprint density at radius 3 is 2.46 bits per heavy atom. The fourth-order valence-corrected chi connectivity index (χ4v) is 3.68. The van der Waals surface area contributed by atoms with Crippen LogP contribution in [0.15, 0.2) is 65.5 Å². The van der Waals surface area contributed by atoms with E-state index in [0.29, 0.717) is 23.4 Å². The van der Waals surface area contributed by atoms with Gasteiger partial charge in [0.05, 0.1) is 28.7 Å². The number of hydrogen-bond donors (Lipinski definition) is 3. The van der Waals surface area contributed by atoms with Gasteiger partial charge in [-0.2, -0.15) is 0 Å². The molecule has 142 valence electrons. The van der Waals surface area contributed by atoms with Crippen LogP contribution < -0.4 is 10.3 Å². The maximum Gasteiger partial charge on any atom is 0.273 e. The number of nitrogens with zero attached hydrogens (tertiary/aromatic N) is 1. The van der Waals surface area contributed by atoms with Crippen LogP contribution >= 0.6 is 0 Å². The number of nitrogens with one attached hydrogen (secondary N) is 3. The Hall–Kier alpha value is -3.39. The Morgan fingerprint density at radius 1 is 0.964 bits per heavy atom. The number of benzene rings is 2. The topological polar surface area (TPSA) is 108 Å². The zero-order chi connectivity index (χ0) is 19.7. The van der Waals surface area contributed by atoms with Crippen LogP contribution in [-0.2, 0) is 16.4 Å². The average Bonchev–Trinajstić information content (AvgIpc) is 3.02. The summed E-state index contributed by atoms with van der Waals surface area (Å²) in [6.07, 6.45) is 1.58. The number of para-hydroxylation sites is 1. The third-order valence-corrected chi connectivity index (χ3v) is 4.95. The summed E-state index contributed by atoms with van der Waals surface area (Å²) in [6, 6.07) is 18.5. The summed E-state index contributed by atoms with van der Waals surface area (Å²) < 4.78 is 25.1. The molecule has 0 fully saturated rings. The maximum absolute atomic E-state index is 12.4. The number of anilines is 1. The predicted molar refractivity (Wildman–Crippen MR) is 110 cm³/mol. The van der Waals surface area contributed by atoms with Crippen LogP contribution in [0.1, 0.15) is 11.3 Å². The summed E-state index contributed by atoms with van der Waals surface area (Å²) in [6.45, 7) is 0. The Balaban J connectivity index is 1.66. The molecule has 2 heterocycles. The standard InChI is InChI=1S/C20H18N4O3S/c1-28(26,27)24-15-9-6-13(7-10-15)12-18-19(20(25)23-22-18)17-11-8-14-4-2-3-5-16(14)21-17/h2-11,24H,12H2,1H3,(H2,22,23,25). The molecule has 2 aromatic heterocycles. The van der Waals surface area contributed by atoms with Crippen molar-refractivity contribution in [2.24, 2.45) is 0 Å². The maximum atomic E-state index is 12.4. The van der Waals surface area contributed by atoms with E-state index in [9.17, 15) is 13.2 Å². The van der Waals surface area contributed by atoms with E-state index in [1.54, 1.807) is 12.1 Å². The number of H-pyrrole nitrogens is 2. The van der Waals surface area contributed by atoms with Crippen molar-refractivity contribution in [1.82, 2.24) is 15.2 Å². The van der Waals surface area contributed by atoms with Gasteiger partial charge in [0, 0.05) is 17.5 Å². The van der Waals surface area contributed by atoms with Crippen molar-refractivity contribution < 1.29 is 8.42 Å². The number of pyridine rings is 1. The van der Waals surface area contributed by atoms with Gasteiger partial charge in [0.15, 0.2) is 0 Å². The molecule has 0 aliphatic carbocycles. The number of rotatable bonds is 5. The van der Waals surface area contributed by atoms with Gasteiger partial charge >= 0.3 is 0 Å². The second-order valence-corrected chi connectivity index (χ2v) is 8.32. The molecule has 0 amide bonds. The molecule has 0 saturated heterocycles. The summed E-state index contributed by atoms with van der Waals surface area (Å²) >= 11 is 0. The molecule has 4 aromatic rings. The normalized spacial score (nSPS) is 11.6. The lowest BCUT2D eigenvalue weighted by Gasteiger charge is -2.07. The summed E-state index contributed by atoms with van der Waals surface area (Å²) in [7, 11) is -3.32. The number of aromatic amines is 2. The van der Waals surface area contributed by atoms with E-state index >= 15 is 0 Å². The third-order valence-electron chi connectivity index (χ3n) is 4.35. The van der Waals surface area contributed by atoms with E-state index in [-0.39, 0.29) is 5.56 Å². The summed E-state index contributed by atoms with van der Waals surface area (Å²) in [5, 5.41) is 6.58. The molecule has 0 bridgehead atoms. The molecule has 0 saturated carbocycles. The fraction of sp³-hybridized carbons (Fsp3) is 0.100. The van der Waals surface area contributed by atoms with Crippen molar-refractivity contribution >= 4 is 26.6 Å². The lowest BCUT2D eigenvalue weighted by atomic mass is 10.0. The second-order valence-electron chi connectivity index (χ2n) is 6.57. The van der Waals surface area contributed by atoms with Crippen molar-refractivity contribution in [3.63, 3.8) is 0 Å². The monoisotopic (exact) mass is 394 g/mol. The molecule has 3 N–H and O–H groups in total. The van der Waals surface area contributed by atoms with Crippen LogP contribution in [0.4, 0.5) is 5.69 Å². The Labute approximate surface area is 161 Å². The molecule has 0 aliphatic rings. The smallest absolute Gasteiger partial charge is 0.273 e. The highest BCUT2D eigenvalue weighted by atomic mass is 32.2. The molecule has 8 heteroatoms. The number of sulfonamides is 1. The van der Waals surface area contributed by atoms with Crippen LogP contribution in [0, 0.1) is 0 Å². The fourth-order valence-electron chi connectivity index (χ4n) is 3.11. The molecular weight excluding hydrogens is 376 g/mol. The minimum Gasteiger partial charge on any atom is -0.301 e. The predicted octanol–water partition coefficient (Wildman–Crippen LogP) is 2.88. The highest BCUT2D eigenvalue weighted by Gasteiger charge is 2.15. The average molecular weight is 394 g/mol. The SMILES string of the molecule is CS(=O)(=O)Nc1ccc(Cc2[nH][nH]c(=O)c2-c2ccc3ccccc3n2)cc1. The molecule has 2 aromatic carbocycles. The van der Waals surface area contributed by atoms with Crippen LogP contribution in [0.25, 0.3) is 22.2 Å². The van der Waals surface area contributed by atoms with Crippen LogP contribution in [-0.4, -0.2) is 29.9 Å². The second kappa shape index (κ2) is 6.97. The van der Waals surface area contributed by atoms with Gasteiger partial charge in [0.2, 0.25) is 10.0 Å². The molecule has 0 unspecified atom stereocenters. The van der Waals surface area contributed by atoms with Crippen molar-refractivity contribution in [3.8, 4) is 11.3 Å². The number of hydrogen-bond acceptors (Lipinski definition) is 4. The zero-order valence-electron chi connectivity index (χ0n) is 15.1. The van der Waals surface area contributed by atoms with E-state index in [0.717, 1.165) is 28.4 Å². The lowest BCUT2D eigenvalue weighted by molar-refractivity contribution is 0.607. The molecule has 0 aliphatic heterocycles. The van der Waals surface area contributed by atoms with Crippen LogP contribution in [0.3, 0.4) is 0 Å². The minimum atomic E-state index is -3.32. The van der Waals surface area contributed by atoms with Gasteiger partial charge < -0.3 is 5.10 Å². The molecule has 0 radical (unpaired) electrons. The Morgan fingerprint density at radius 2 is 1.71 bits per heavy atom. The third kappa shape index (κ3) is 3.81. The van der Waals surface area contributed by atoms with Crippen LogP contribution in [0.5, 0.6) is 0 Å². The summed E-state index contributed by atoms with van der Waals surface area (Å²) in [4.78, 5) is 17.0. The quantitative estimate of drug-likeness (QED) is 0.484. The highest BCUT2D eigenvalue weighted by molar-refractivity contribution is 7.92.